The average molecular weight is 228 g/mol. The highest BCUT2D eigenvalue weighted by Gasteiger charge is 2.19. The highest BCUT2D eigenvalue weighted by molar-refractivity contribution is 4.71. The molecule has 1 heterocycles. The van der Waals surface area contributed by atoms with Gasteiger partial charge in [0.15, 0.2) is 0 Å². The molecule has 3 nitrogen and oxygen atoms in total. The van der Waals surface area contributed by atoms with Crippen molar-refractivity contribution >= 4 is 0 Å². The highest BCUT2D eigenvalue weighted by atomic mass is 16.5. The van der Waals surface area contributed by atoms with Crippen LogP contribution in [0.5, 0.6) is 0 Å². The first-order valence-corrected chi connectivity index (χ1v) is 6.80. The maximum absolute atomic E-state index is 5.69. The van der Waals surface area contributed by atoms with E-state index >= 15 is 0 Å². The zero-order valence-corrected chi connectivity index (χ0v) is 11.0. The molecule has 0 spiro atoms. The molecule has 0 saturated carbocycles. The predicted molar refractivity (Wildman–Crippen MR) is 68.5 cm³/mol. The maximum Gasteiger partial charge on any atom is 0.0702 e. The van der Waals surface area contributed by atoms with Crippen LogP contribution in [0.2, 0.25) is 0 Å². The molecule has 0 amide bonds. The van der Waals surface area contributed by atoms with Crippen molar-refractivity contribution in [1.82, 2.24) is 4.90 Å². The molecule has 1 rings (SSSR count). The van der Waals surface area contributed by atoms with Crippen LogP contribution in [0, 0.1) is 5.92 Å². The summed E-state index contributed by atoms with van der Waals surface area (Å²) >= 11 is 0. The van der Waals surface area contributed by atoms with E-state index in [0.717, 1.165) is 38.6 Å². The van der Waals surface area contributed by atoms with Crippen molar-refractivity contribution in [2.45, 2.75) is 45.6 Å². The molecular weight excluding hydrogens is 200 g/mol. The van der Waals surface area contributed by atoms with Gasteiger partial charge in [-0.15, -0.1) is 0 Å². The van der Waals surface area contributed by atoms with Crippen LogP contribution in [0.1, 0.15) is 39.5 Å². The summed E-state index contributed by atoms with van der Waals surface area (Å²) in [4.78, 5) is 2.52. The van der Waals surface area contributed by atoms with Crippen molar-refractivity contribution in [1.29, 1.82) is 0 Å². The molecule has 2 unspecified atom stereocenters. The zero-order valence-electron chi connectivity index (χ0n) is 11.0. The third-order valence-electron chi connectivity index (χ3n) is 3.40. The number of hydrogen-bond donors (Lipinski definition) is 1. The van der Waals surface area contributed by atoms with Gasteiger partial charge in [-0.2, -0.15) is 0 Å². The molecule has 1 aliphatic rings. The quantitative estimate of drug-likeness (QED) is 0.689. The van der Waals surface area contributed by atoms with E-state index in [4.69, 9.17) is 10.5 Å². The molecule has 2 N–H and O–H groups in total. The molecule has 16 heavy (non-hydrogen) atoms. The summed E-state index contributed by atoms with van der Waals surface area (Å²) in [6, 6.07) is 0. The lowest BCUT2D eigenvalue weighted by Gasteiger charge is -2.26. The number of likely N-dealkylation sites (N-methyl/N-ethyl adjacent to an activating group) is 1. The van der Waals surface area contributed by atoms with Gasteiger partial charge in [-0.25, -0.2) is 0 Å². The van der Waals surface area contributed by atoms with E-state index < -0.39 is 0 Å². The minimum atomic E-state index is 0.488. The molecule has 0 radical (unpaired) electrons. The minimum absolute atomic E-state index is 0.488. The number of ether oxygens (including phenoxy) is 1. The van der Waals surface area contributed by atoms with Gasteiger partial charge in [0.25, 0.3) is 0 Å². The van der Waals surface area contributed by atoms with Gasteiger partial charge >= 0.3 is 0 Å². The van der Waals surface area contributed by atoms with Crippen LogP contribution < -0.4 is 5.73 Å². The number of nitrogens with zero attached hydrogens (tertiary/aromatic N) is 1. The van der Waals surface area contributed by atoms with E-state index in [2.05, 4.69) is 18.7 Å². The van der Waals surface area contributed by atoms with Gasteiger partial charge in [-0.3, -0.25) is 0 Å². The Bertz CT molecular complexity index is 169. The molecule has 0 aromatic rings. The van der Waals surface area contributed by atoms with Crippen LogP contribution in [0.4, 0.5) is 0 Å². The second-order valence-corrected chi connectivity index (χ2v) is 5.02. The third-order valence-corrected chi connectivity index (χ3v) is 3.40. The van der Waals surface area contributed by atoms with Crippen LogP contribution in [0.3, 0.4) is 0 Å². The summed E-state index contributed by atoms with van der Waals surface area (Å²) in [6.07, 6.45) is 5.37. The molecule has 0 aliphatic carbocycles. The molecule has 1 fully saturated rings. The van der Waals surface area contributed by atoms with Crippen molar-refractivity contribution in [2.24, 2.45) is 11.7 Å². The van der Waals surface area contributed by atoms with Gasteiger partial charge in [-0.05, 0) is 44.7 Å². The summed E-state index contributed by atoms with van der Waals surface area (Å²) in [5.74, 6) is 0.755. The number of rotatable bonds is 8. The van der Waals surface area contributed by atoms with Gasteiger partial charge in [0, 0.05) is 19.7 Å². The van der Waals surface area contributed by atoms with Crippen molar-refractivity contribution in [3.63, 3.8) is 0 Å². The summed E-state index contributed by atoms with van der Waals surface area (Å²) < 4.78 is 5.69. The molecule has 1 saturated heterocycles. The molecule has 2 atom stereocenters. The van der Waals surface area contributed by atoms with Crippen molar-refractivity contribution in [2.75, 3.05) is 32.8 Å². The van der Waals surface area contributed by atoms with Crippen LogP contribution >= 0.6 is 0 Å². The fourth-order valence-corrected chi connectivity index (χ4v) is 2.41. The molecule has 1 aliphatic heterocycles. The van der Waals surface area contributed by atoms with Crippen molar-refractivity contribution in [3.05, 3.63) is 0 Å². The topological polar surface area (TPSA) is 38.5 Å². The normalized spacial score (nSPS) is 22.9. The first-order chi connectivity index (χ1) is 7.76. The Morgan fingerprint density at radius 2 is 2.31 bits per heavy atom. The van der Waals surface area contributed by atoms with Gasteiger partial charge < -0.3 is 15.4 Å². The Balaban J connectivity index is 2.19. The van der Waals surface area contributed by atoms with Crippen molar-refractivity contribution in [3.8, 4) is 0 Å². The third kappa shape index (κ3) is 5.28. The van der Waals surface area contributed by atoms with Crippen LogP contribution in [-0.4, -0.2) is 43.8 Å². The molecule has 0 bridgehead atoms. The van der Waals surface area contributed by atoms with E-state index in [1.165, 1.54) is 25.8 Å². The number of nitrogens with two attached hydrogens (primary N) is 1. The zero-order chi connectivity index (χ0) is 11.8. The van der Waals surface area contributed by atoms with E-state index in [-0.39, 0.29) is 0 Å². The molecule has 3 heteroatoms. The number of hydrogen-bond acceptors (Lipinski definition) is 3. The van der Waals surface area contributed by atoms with Gasteiger partial charge in [0.05, 0.1) is 6.10 Å². The molecule has 0 aromatic heterocycles. The first kappa shape index (κ1) is 13.9. The molecule has 96 valence electrons. The fourth-order valence-electron chi connectivity index (χ4n) is 2.41. The van der Waals surface area contributed by atoms with E-state index in [9.17, 15) is 0 Å². The largest absolute Gasteiger partial charge is 0.377 e. The second-order valence-electron chi connectivity index (χ2n) is 5.02. The summed E-state index contributed by atoms with van der Waals surface area (Å²) in [5.41, 5.74) is 5.54. The van der Waals surface area contributed by atoms with Crippen LogP contribution in [0.15, 0.2) is 0 Å². The standard InChI is InChI=1S/C13H28N2O/c1-3-15(10-12(2)6-4-8-14)11-13-7-5-9-16-13/h12-13H,3-11,14H2,1-2H3. The van der Waals surface area contributed by atoms with Crippen molar-refractivity contribution < 1.29 is 4.74 Å². The minimum Gasteiger partial charge on any atom is -0.377 e. The van der Waals surface area contributed by atoms with E-state index in [0.29, 0.717) is 6.10 Å². The second kappa shape index (κ2) is 8.04. The lowest BCUT2D eigenvalue weighted by atomic mass is 10.0. The molecular formula is C13H28N2O. The summed E-state index contributed by atoms with van der Waals surface area (Å²) in [7, 11) is 0. The van der Waals surface area contributed by atoms with Crippen LogP contribution in [-0.2, 0) is 4.74 Å². The van der Waals surface area contributed by atoms with Crippen LogP contribution in [0.25, 0.3) is 0 Å². The van der Waals surface area contributed by atoms with Gasteiger partial charge in [0.1, 0.15) is 0 Å². The Labute approximate surface area is 100 Å². The fraction of sp³-hybridized carbons (Fsp3) is 1.00. The first-order valence-electron chi connectivity index (χ1n) is 6.80. The summed E-state index contributed by atoms with van der Waals surface area (Å²) in [5, 5.41) is 0. The average Bonchev–Trinajstić information content (AvgIpc) is 2.78. The smallest absolute Gasteiger partial charge is 0.0702 e. The lowest BCUT2D eigenvalue weighted by Crippen LogP contribution is -2.35. The van der Waals surface area contributed by atoms with Gasteiger partial charge in [0.2, 0.25) is 0 Å². The molecule has 0 aromatic carbocycles. The summed E-state index contributed by atoms with van der Waals surface area (Å²) in [6.45, 7) is 9.79. The highest BCUT2D eigenvalue weighted by Crippen LogP contribution is 2.15. The SMILES string of the molecule is CCN(CC(C)CCCN)CC1CCCO1. The maximum atomic E-state index is 5.69. The Morgan fingerprint density at radius 3 is 2.88 bits per heavy atom. The Morgan fingerprint density at radius 1 is 1.50 bits per heavy atom. The monoisotopic (exact) mass is 228 g/mol. The lowest BCUT2D eigenvalue weighted by molar-refractivity contribution is 0.0698. The van der Waals surface area contributed by atoms with E-state index in [1.54, 1.807) is 0 Å². The van der Waals surface area contributed by atoms with E-state index in [1.807, 2.05) is 0 Å². The Hall–Kier alpha value is -0.120. The van der Waals surface area contributed by atoms with Gasteiger partial charge in [-0.1, -0.05) is 13.8 Å². The predicted octanol–water partition coefficient (Wildman–Crippen LogP) is 1.86. The Kier molecular flexibility index (Phi) is 7.01.